The molecule has 86 valence electrons. The van der Waals surface area contributed by atoms with Crippen molar-refractivity contribution in [2.45, 2.75) is 12.5 Å². The van der Waals surface area contributed by atoms with E-state index in [9.17, 15) is 4.79 Å². The number of anilines is 2. The Hall–Kier alpha value is -1.75. The molecule has 1 aliphatic heterocycles. The van der Waals surface area contributed by atoms with Gasteiger partial charge in [0.1, 0.15) is 0 Å². The Balaban J connectivity index is 2.05. The highest BCUT2D eigenvalue weighted by atomic mass is 16.1. The van der Waals surface area contributed by atoms with Crippen molar-refractivity contribution in [3.05, 3.63) is 23.8 Å². The maximum atomic E-state index is 11.8. The van der Waals surface area contributed by atoms with Gasteiger partial charge in [-0.05, 0) is 31.2 Å². The number of nitrogens with one attached hydrogen (secondary N) is 2. The van der Waals surface area contributed by atoms with Gasteiger partial charge in [-0.3, -0.25) is 4.79 Å². The van der Waals surface area contributed by atoms with E-state index in [2.05, 4.69) is 10.6 Å². The average Bonchev–Trinajstić information content (AvgIpc) is 2.74. The van der Waals surface area contributed by atoms with Crippen LogP contribution in [0.25, 0.3) is 0 Å². The highest BCUT2D eigenvalue weighted by Crippen LogP contribution is 2.16. The molecule has 0 saturated carbocycles. The predicted octanol–water partition coefficient (Wildman–Crippen LogP) is -0.0573. The minimum Gasteiger partial charge on any atom is -0.397 e. The zero-order chi connectivity index (χ0) is 11.5. The zero-order valence-corrected chi connectivity index (χ0v) is 8.99. The van der Waals surface area contributed by atoms with Crippen molar-refractivity contribution in [2.24, 2.45) is 0 Å². The summed E-state index contributed by atoms with van der Waals surface area (Å²) < 4.78 is 0. The summed E-state index contributed by atoms with van der Waals surface area (Å²) in [4.78, 5) is 11.8. The second-order valence-electron chi connectivity index (χ2n) is 4.01. The Morgan fingerprint density at radius 2 is 2.19 bits per heavy atom. The van der Waals surface area contributed by atoms with Crippen molar-refractivity contribution >= 4 is 17.3 Å². The molecule has 1 aromatic carbocycles. The van der Waals surface area contributed by atoms with Crippen LogP contribution >= 0.6 is 0 Å². The fourth-order valence-corrected chi connectivity index (χ4v) is 1.76. The van der Waals surface area contributed by atoms with E-state index in [0.717, 1.165) is 19.5 Å². The van der Waals surface area contributed by atoms with Gasteiger partial charge < -0.3 is 22.1 Å². The molecule has 1 unspecified atom stereocenters. The van der Waals surface area contributed by atoms with Crippen LogP contribution < -0.4 is 22.1 Å². The standard InChI is InChI=1S/C11H16N4O/c12-9-2-1-7(5-10(9)13)11(16)15-8-3-4-14-6-8/h1-2,5,8,14H,3-4,6,12-13H2,(H,15,16). The van der Waals surface area contributed by atoms with Crippen LogP contribution in [0, 0.1) is 0 Å². The molecule has 0 bridgehead atoms. The van der Waals surface area contributed by atoms with Gasteiger partial charge in [0.2, 0.25) is 0 Å². The first kappa shape index (κ1) is 10.8. The number of nitrogens with two attached hydrogens (primary N) is 2. The Morgan fingerprint density at radius 1 is 1.38 bits per heavy atom. The molecule has 1 aliphatic rings. The van der Waals surface area contributed by atoms with Gasteiger partial charge in [0.25, 0.3) is 5.91 Å². The van der Waals surface area contributed by atoms with E-state index in [4.69, 9.17) is 11.5 Å². The third-order valence-corrected chi connectivity index (χ3v) is 2.74. The van der Waals surface area contributed by atoms with Crippen molar-refractivity contribution in [1.82, 2.24) is 10.6 Å². The lowest BCUT2D eigenvalue weighted by Crippen LogP contribution is -2.36. The number of amides is 1. The largest absolute Gasteiger partial charge is 0.397 e. The van der Waals surface area contributed by atoms with Crippen molar-refractivity contribution in [2.75, 3.05) is 24.6 Å². The third kappa shape index (κ3) is 2.25. The molecule has 1 fully saturated rings. The van der Waals surface area contributed by atoms with Gasteiger partial charge in [-0.1, -0.05) is 0 Å². The van der Waals surface area contributed by atoms with Crippen LogP contribution in [0.4, 0.5) is 11.4 Å². The van der Waals surface area contributed by atoms with E-state index >= 15 is 0 Å². The molecule has 1 saturated heterocycles. The fraction of sp³-hybridized carbons (Fsp3) is 0.364. The second kappa shape index (κ2) is 4.40. The summed E-state index contributed by atoms with van der Waals surface area (Å²) in [5, 5.41) is 6.13. The molecule has 5 heteroatoms. The summed E-state index contributed by atoms with van der Waals surface area (Å²) in [6, 6.07) is 5.15. The van der Waals surface area contributed by atoms with Crippen LogP contribution in [0.5, 0.6) is 0 Å². The first-order valence-electron chi connectivity index (χ1n) is 5.33. The van der Waals surface area contributed by atoms with E-state index in [1.54, 1.807) is 18.2 Å². The van der Waals surface area contributed by atoms with Gasteiger partial charge in [-0.2, -0.15) is 0 Å². The van der Waals surface area contributed by atoms with Crippen molar-refractivity contribution in [3.8, 4) is 0 Å². The van der Waals surface area contributed by atoms with Gasteiger partial charge >= 0.3 is 0 Å². The monoisotopic (exact) mass is 220 g/mol. The third-order valence-electron chi connectivity index (χ3n) is 2.74. The van der Waals surface area contributed by atoms with E-state index in [0.29, 0.717) is 16.9 Å². The lowest BCUT2D eigenvalue weighted by molar-refractivity contribution is 0.0940. The Morgan fingerprint density at radius 3 is 2.81 bits per heavy atom. The predicted molar refractivity (Wildman–Crippen MR) is 64.0 cm³/mol. The molecule has 1 atom stereocenters. The number of carbonyl (C=O) groups is 1. The summed E-state index contributed by atoms with van der Waals surface area (Å²) in [7, 11) is 0. The highest BCUT2D eigenvalue weighted by Gasteiger charge is 2.17. The second-order valence-corrected chi connectivity index (χ2v) is 4.01. The first-order valence-corrected chi connectivity index (χ1v) is 5.33. The van der Waals surface area contributed by atoms with Crippen LogP contribution in [-0.4, -0.2) is 25.0 Å². The Kier molecular flexibility index (Phi) is 2.96. The Bertz CT molecular complexity index is 399. The minimum absolute atomic E-state index is 0.0969. The molecule has 1 amide bonds. The SMILES string of the molecule is Nc1ccc(C(=O)NC2CCNC2)cc1N. The summed E-state index contributed by atoms with van der Waals surface area (Å²) in [5.74, 6) is -0.0969. The molecule has 0 radical (unpaired) electrons. The molecule has 6 N–H and O–H groups in total. The smallest absolute Gasteiger partial charge is 0.251 e. The molecule has 1 aromatic rings. The van der Waals surface area contributed by atoms with Gasteiger partial charge in [0.15, 0.2) is 0 Å². The molecular weight excluding hydrogens is 204 g/mol. The highest BCUT2D eigenvalue weighted by molar-refractivity contribution is 5.96. The van der Waals surface area contributed by atoms with Crippen LogP contribution in [-0.2, 0) is 0 Å². The average molecular weight is 220 g/mol. The van der Waals surface area contributed by atoms with Gasteiger partial charge in [0, 0.05) is 18.2 Å². The van der Waals surface area contributed by atoms with E-state index < -0.39 is 0 Å². The lowest BCUT2D eigenvalue weighted by Gasteiger charge is -2.11. The molecule has 0 spiro atoms. The van der Waals surface area contributed by atoms with Crippen LogP contribution in [0.3, 0.4) is 0 Å². The molecular formula is C11H16N4O. The lowest BCUT2D eigenvalue weighted by atomic mass is 10.1. The maximum Gasteiger partial charge on any atom is 0.251 e. The summed E-state index contributed by atoms with van der Waals surface area (Å²) in [5.41, 5.74) is 12.7. The van der Waals surface area contributed by atoms with Gasteiger partial charge in [-0.25, -0.2) is 0 Å². The fourth-order valence-electron chi connectivity index (χ4n) is 1.76. The van der Waals surface area contributed by atoms with Crippen LogP contribution in [0.15, 0.2) is 18.2 Å². The number of benzene rings is 1. The normalized spacial score (nSPS) is 19.6. The molecule has 1 heterocycles. The van der Waals surface area contributed by atoms with E-state index in [-0.39, 0.29) is 11.9 Å². The molecule has 16 heavy (non-hydrogen) atoms. The van der Waals surface area contributed by atoms with Crippen LogP contribution in [0.1, 0.15) is 16.8 Å². The van der Waals surface area contributed by atoms with Crippen LogP contribution in [0.2, 0.25) is 0 Å². The quantitative estimate of drug-likeness (QED) is 0.525. The first-order chi connectivity index (χ1) is 7.66. The summed E-state index contributed by atoms with van der Waals surface area (Å²) >= 11 is 0. The molecule has 5 nitrogen and oxygen atoms in total. The maximum absolute atomic E-state index is 11.8. The number of rotatable bonds is 2. The topological polar surface area (TPSA) is 93.2 Å². The zero-order valence-electron chi connectivity index (χ0n) is 8.99. The summed E-state index contributed by atoms with van der Waals surface area (Å²) in [6.07, 6.45) is 0.968. The molecule has 0 aromatic heterocycles. The van der Waals surface area contributed by atoms with Crippen molar-refractivity contribution < 1.29 is 4.79 Å². The van der Waals surface area contributed by atoms with Gasteiger partial charge in [0.05, 0.1) is 11.4 Å². The van der Waals surface area contributed by atoms with Crippen molar-refractivity contribution in [1.29, 1.82) is 0 Å². The minimum atomic E-state index is -0.0969. The van der Waals surface area contributed by atoms with E-state index in [1.807, 2.05) is 0 Å². The number of hydrogen-bond donors (Lipinski definition) is 4. The molecule has 0 aliphatic carbocycles. The van der Waals surface area contributed by atoms with E-state index in [1.165, 1.54) is 0 Å². The van der Waals surface area contributed by atoms with Crippen molar-refractivity contribution in [3.63, 3.8) is 0 Å². The summed E-state index contributed by atoms with van der Waals surface area (Å²) in [6.45, 7) is 1.78. The van der Waals surface area contributed by atoms with Gasteiger partial charge in [-0.15, -0.1) is 0 Å². The number of carbonyl (C=O) groups excluding carboxylic acids is 1. The molecule has 2 rings (SSSR count). The number of nitrogen functional groups attached to an aromatic ring is 2. The Labute approximate surface area is 94.2 Å². The number of hydrogen-bond acceptors (Lipinski definition) is 4.